The molecule has 0 unspecified atom stereocenters. The highest BCUT2D eigenvalue weighted by molar-refractivity contribution is 5.94. The first-order valence-electron chi connectivity index (χ1n) is 7.45. The molecular formula is C18H19F2NO3. The van der Waals surface area contributed by atoms with Crippen molar-refractivity contribution in [3.8, 4) is 11.5 Å². The van der Waals surface area contributed by atoms with Gasteiger partial charge in [0.2, 0.25) is 0 Å². The number of hydrogen-bond donors (Lipinski definition) is 0. The maximum Gasteiger partial charge on any atom is 0.257 e. The highest BCUT2D eigenvalue weighted by atomic mass is 19.1. The van der Waals surface area contributed by atoms with Gasteiger partial charge >= 0.3 is 0 Å². The Kier molecular flexibility index (Phi) is 5.73. The van der Waals surface area contributed by atoms with Crippen molar-refractivity contribution in [3.63, 3.8) is 0 Å². The molecule has 0 radical (unpaired) electrons. The van der Waals surface area contributed by atoms with Crippen LogP contribution < -0.4 is 9.47 Å². The average molecular weight is 335 g/mol. The van der Waals surface area contributed by atoms with E-state index >= 15 is 0 Å². The van der Waals surface area contributed by atoms with Crippen LogP contribution in [0, 0.1) is 11.6 Å². The number of amides is 1. The predicted octanol–water partition coefficient (Wildman–Crippen LogP) is 3.64. The molecule has 0 aliphatic rings. The first-order valence-corrected chi connectivity index (χ1v) is 7.45. The van der Waals surface area contributed by atoms with Crippen molar-refractivity contribution in [1.82, 2.24) is 4.90 Å². The fourth-order valence-electron chi connectivity index (χ4n) is 2.36. The van der Waals surface area contributed by atoms with Gasteiger partial charge in [-0.1, -0.05) is 6.07 Å². The van der Waals surface area contributed by atoms with Gasteiger partial charge in [0.25, 0.3) is 5.91 Å². The van der Waals surface area contributed by atoms with Crippen LogP contribution in [0.3, 0.4) is 0 Å². The zero-order valence-corrected chi connectivity index (χ0v) is 13.8. The van der Waals surface area contributed by atoms with E-state index in [4.69, 9.17) is 9.47 Å². The van der Waals surface area contributed by atoms with Crippen LogP contribution in [0.25, 0.3) is 0 Å². The summed E-state index contributed by atoms with van der Waals surface area (Å²) < 4.78 is 37.5. The molecule has 128 valence electrons. The largest absolute Gasteiger partial charge is 0.493 e. The Morgan fingerprint density at radius 2 is 1.75 bits per heavy atom. The fraction of sp³-hybridized carbons (Fsp3) is 0.278. The molecule has 0 spiro atoms. The highest BCUT2D eigenvalue weighted by Crippen LogP contribution is 2.28. The SMILES string of the molecule is CCN(Cc1ccc(OC)c(OC)c1)C(=O)c1cc(F)ccc1F. The maximum atomic E-state index is 13.8. The minimum atomic E-state index is -0.743. The van der Waals surface area contributed by atoms with Gasteiger partial charge < -0.3 is 14.4 Å². The Morgan fingerprint density at radius 3 is 2.38 bits per heavy atom. The Hall–Kier alpha value is -2.63. The number of ether oxygens (including phenoxy) is 2. The molecule has 0 bridgehead atoms. The molecular weight excluding hydrogens is 316 g/mol. The van der Waals surface area contributed by atoms with Gasteiger partial charge in [-0.25, -0.2) is 8.78 Å². The van der Waals surface area contributed by atoms with E-state index in [1.54, 1.807) is 25.1 Å². The predicted molar refractivity (Wildman–Crippen MR) is 86.3 cm³/mol. The molecule has 0 heterocycles. The molecule has 24 heavy (non-hydrogen) atoms. The Morgan fingerprint density at radius 1 is 1.04 bits per heavy atom. The lowest BCUT2D eigenvalue weighted by molar-refractivity contribution is 0.0747. The van der Waals surface area contributed by atoms with Crippen molar-refractivity contribution in [3.05, 3.63) is 59.2 Å². The number of carbonyl (C=O) groups excluding carboxylic acids is 1. The highest BCUT2D eigenvalue weighted by Gasteiger charge is 2.19. The van der Waals surface area contributed by atoms with Gasteiger partial charge in [0.05, 0.1) is 19.8 Å². The van der Waals surface area contributed by atoms with Gasteiger partial charge in [-0.2, -0.15) is 0 Å². The average Bonchev–Trinajstić information content (AvgIpc) is 2.60. The summed E-state index contributed by atoms with van der Waals surface area (Å²) in [4.78, 5) is 13.9. The summed E-state index contributed by atoms with van der Waals surface area (Å²) in [6, 6.07) is 8.11. The van der Waals surface area contributed by atoms with Crippen LogP contribution >= 0.6 is 0 Å². The lowest BCUT2D eigenvalue weighted by atomic mass is 10.1. The third kappa shape index (κ3) is 3.82. The smallest absolute Gasteiger partial charge is 0.257 e. The summed E-state index contributed by atoms with van der Waals surface area (Å²) in [6.07, 6.45) is 0. The van der Waals surface area contributed by atoms with Gasteiger partial charge in [0.15, 0.2) is 11.5 Å². The summed E-state index contributed by atoms with van der Waals surface area (Å²) in [6.45, 7) is 2.37. The maximum absolute atomic E-state index is 13.8. The summed E-state index contributed by atoms with van der Waals surface area (Å²) in [5.74, 6) is -0.847. The molecule has 4 nitrogen and oxygen atoms in total. The number of hydrogen-bond acceptors (Lipinski definition) is 3. The van der Waals surface area contributed by atoms with Crippen LogP contribution in [0.1, 0.15) is 22.8 Å². The van der Waals surface area contributed by atoms with Crippen molar-refractivity contribution in [2.75, 3.05) is 20.8 Å². The van der Waals surface area contributed by atoms with E-state index in [1.165, 1.54) is 19.1 Å². The van der Waals surface area contributed by atoms with Crippen molar-refractivity contribution in [2.45, 2.75) is 13.5 Å². The van der Waals surface area contributed by atoms with Gasteiger partial charge in [-0.15, -0.1) is 0 Å². The zero-order valence-electron chi connectivity index (χ0n) is 13.8. The molecule has 0 saturated carbocycles. The number of carbonyl (C=O) groups is 1. The molecule has 1 amide bonds. The first-order chi connectivity index (χ1) is 11.5. The molecule has 0 aliphatic carbocycles. The fourth-order valence-corrected chi connectivity index (χ4v) is 2.36. The second-order valence-corrected chi connectivity index (χ2v) is 5.13. The number of nitrogens with zero attached hydrogens (tertiary/aromatic N) is 1. The van der Waals surface area contributed by atoms with E-state index in [-0.39, 0.29) is 12.1 Å². The number of halogens is 2. The molecule has 2 aromatic carbocycles. The van der Waals surface area contributed by atoms with Crippen molar-refractivity contribution >= 4 is 5.91 Å². The Bertz CT molecular complexity index is 734. The number of rotatable bonds is 6. The minimum absolute atomic E-state index is 0.242. The number of benzene rings is 2. The van der Waals surface area contributed by atoms with Crippen LogP contribution in [-0.2, 0) is 6.54 Å². The van der Waals surface area contributed by atoms with Gasteiger partial charge in [0, 0.05) is 13.1 Å². The van der Waals surface area contributed by atoms with E-state index in [0.29, 0.717) is 18.0 Å². The monoisotopic (exact) mass is 335 g/mol. The second-order valence-electron chi connectivity index (χ2n) is 5.13. The second kappa shape index (κ2) is 7.77. The molecule has 2 aromatic rings. The summed E-state index contributed by atoms with van der Waals surface area (Å²) in [5.41, 5.74) is 0.511. The van der Waals surface area contributed by atoms with Crippen LogP contribution in [0.2, 0.25) is 0 Å². The topological polar surface area (TPSA) is 38.8 Å². The summed E-state index contributed by atoms with van der Waals surface area (Å²) >= 11 is 0. The van der Waals surface area contributed by atoms with Crippen molar-refractivity contribution in [1.29, 1.82) is 0 Å². The van der Waals surface area contributed by atoms with E-state index in [2.05, 4.69) is 0 Å². The molecule has 0 aromatic heterocycles. The van der Waals surface area contributed by atoms with Crippen LogP contribution in [0.5, 0.6) is 11.5 Å². The first kappa shape index (κ1) is 17.7. The third-order valence-electron chi connectivity index (χ3n) is 3.65. The summed E-state index contributed by atoms with van der Waals surface area (Å²) in [7, 11) is 3.05. The molecule has 0 atom stereocenters. The minimum Gasteiger partial charge on any atom is -0.493 e. The molecule has 2 rings (SSSR count). The lowest BCUT2D eigenvalue weighted by Crippen LogP contribution is -2.31. The molecule has 6 heteroatoms. The lowest BCUT2D eigenvalue weighted by Gasteiger charge is -2.22. The van der Waals surface area contributed by atoms with Gasteiger partial charge in [-0.3, -0.25) is 4.79 Å². The molecule has 0 fully saturated rings. The number of methoxy groups -OCH3 is 2. The van der Waals surface area contributed by atoms with Crippen LogP contribution in [0.15, 0.2) is 36.4 Å². The van der Waals surface area contributed by atoms with E-state index in [0.717, 1.165) is 23.8 Å². The van der Waals surface area contributed by atoms with Crippen LogP contribution in [-0.4, -0.2) is 31.6 Å². The standard InChI is InChI=1S/C18H19F2NO3/c1-4-21(18(22)14-10-13(19)6-7-15(14)20)11-12-5-8-16(23-2)17(9-12)24-3/h5-10H,4,11H2,1-3H3. The molecule has 0 N–H and O–H groups in total. The normalized spacial score (nSPS) is 10.4. The van der Waals surface area contributed by atoms with Gasteiger partial charge in [0.1, 0.15) is 11.6 Å². The van der Waals surface area contributed by atoms with E-state index in [1.807, 2.05) is 0 Å². The van der Waals surface area contributed by atoms with Crippen molar-refractivity contribution < 1.29 is 23.0 Å². The quantitative estimate of drug-likeness (QED) is 0.809. The van der Waals surface area contributed by atoms with Crippen LogP contribution in [0.4, 0.5) is 8.78 Å². The van der Waals surface area contributed by atoms with E-state index in [9.17, 15) is 13.6 Å². The Labute approximate surface area is 139 Å². The Balaban J connectivity index is 2.26. The van der Waals surface area contributed by atoms with Crippen molar-refractivity contribution in [2.24, 2.45) is 0 Å². The van der Waals surface area contributed by atoms with E-state index < -0.39 is 17.5 Å². The molecule has 0 aliphatic heterocycles. The van der Waals surface area contributed by atoms with Gasteiger partial charge in [-0.05, 0) is 42.8 Å². The molecule has 0 saturated heterocycles. The zero-order chi connectivity index (χ0) is 17.7. The summed E-state index contributed by atoms with van der Waals surface area (Å²) in [5, 5.41) is 0. The third-order valence-corrected chi connectivity index (χ3v) is 3.65.